The van der Waals surface area contributed by atoms with E-state index in [1.807, 2.05) is 18.4 Å². The Hall–Kier alpha value is -0.580. The van der Waals surface area contributed by atoms with Gasteiger partial charge in [-0.1, -0.05) is 0 Å². The summed E-state index contributed by atoms with van der Waals surface area (Å²) in [6, 6.07) is 1.98. The molecular formula is C10H16O3S. The molecule has 0 aromatic carbocycles. The number of hydrogen-bond acceptors (Lipinski definition) is 4. The van der Waals surface area contributed by atoms with Crippen LogP contribution < -0.4 is 4.74 Å². The summed E-state index contributed by atoms with van der Waals surface area (Å²) in [5.74, 6) is 0.963. The van der Waals surface area contributed by atoms with Crippen LogP contribution in [0.15, 0.2) is 11.4 Å². The number of hydrogen-bond donors (Lipinski definition) is 0. The van der Waals surface area contributed by atoms with Crippen LogP contribution in [0.25, 0.3) is 0 Å². The fourth-order valence-corrected chi connectivity index (χ4v) is 1.62. The molecule has 0 saturated carbocycles. The summed E-state index contributed by atoms with van der Waals surface area (Å²) in [5, 5.41) is 2.02. The van der Waals surface area contributed by atoms with Crippen LogP contribution in [0.5, 0.6) is 5.75 Å². The summed E-state index contributed by atoms with van der Waals surface area (Å²) in [5.41, 5.74) is 0. The Morgan fingerprint density at radius 3 is 2.64 bits per heavy atom. The normalized spacial score (nSPS) is 10.4. The first-order valence-corrected chi connectivity index (χ1v) is 5.46. The number of methoxy groups -OCH3 is 1. The summed E-state index contributed by atoms with van der Waals surface area (Å²) in [6.07, 6.45) is 0. The van der Waals surface area contributed by atoms with E-state index in [0.717, 1.165) is 5.75 Å². The van der Waals surface area contributed by atoms with Crippen molar-refractivity contribution in [3.63, 3.8) is 0 Å². The SMILES string of the molecule is COCCOCCOc1ccsc1C. The lowest BCUT2D eigenvalue weighted by Crippen LogP contribution is -2.09. The molecule has 1 aromatic heterocycles. The van der Waals surface area contributed by atoms with Crippen molar-refractivity contribution >= 4 is 11.3 Å². The van der Waals surface area contributed by atoms with Gasteiger partial charge in [0.05, 0.1) is 19.8 Å². The highest BCUT2D eigenvalue weighted by Gasteiger charge is 1.99. The van der Waals surface area contributed by atoms with Gasteiger partial charge in [-0.05, 0) is 18.4 Å². The molecule has 0 fully saturated rings. The second-order valence-electron chi connectivity index (χ2n) is 2.79. The first kappa shape index (κ1) is 11.5. The number of thiophene rings is 1. The van der Waals surface area contributed by atoms with E-state index in [4.69, 9.17) is 14.2 Å². The maximum Gasteiger partial charge on any atom is 0.132 e. The molecular weight excluding hydrogens is 200 g/mol. The first-order chi connectivity index (χ1) is 6.84. The Balaban J connectivity index is 2.02. The maximum atomic E-state index is 5.50. The van der Waals surface area contributed by atoms with Gasteiger partial charge >= 0.3 is 0 Å². The van der Waals surface area contributed by atoms with E-state index in [-0.39, 0.29) is 0 Å². The Morgan fingerprint density at radius 2 is 2.00 bits per heavy atom. The molecule has 0 spiro atoms. The summed E-state index contributed by atoms with van der Waals surface area (Å²) in [7, 11) is 1.66. The Kier molecular flexibility index (Phi) is 5.59. The smallest absolute Gasteiger partial charge is 0.132 e. The molecule has 0 unspecified atom stereocenters. The summed E-state index contributed by atoms with van der Waals surface area (Å²) in [4.78, 5) is 1.21. The van der Waals surface area contributed by atoms with Gasteiger partial charge in [0.2, 0.25) is 0 Å². The van der Waals surface area contributed by atoms with Crippen LogP contribution in [-0.4, -0.2) is 33.5 Å². The molecule has 1 heterocycles. The van der Waals surface area contributed by atoms with Crippen molar-refractivity contribution in [1.82, 2.24) is 0 Å². The molecule has 0 aliphatic rings. The van der Waals surface area contributed by atoms with Gasteiger partial charge in [0.1, 0.15) is 12.4 Å². The van der Waals surface area contributed by atoms with Crippen LogP contribution in [0.1, 0.15) is 4.88 Å². The Labute approximate surface area is 88.6 Å². The highest BCUT2D eigenvalue weighted by Crippen LogP contribution is 2.22. The van der Waals surface area contributed by atoms with Crippen molar-refractivity contribution in [3.8, 4) is 5.75 Å². The molecule has 3 nitrogen and oxygen atoms in total. The van der Waals surface area contributed by atoms with E-state index in [9.17, 15) is 0 Å². The quantitative estimate of drug-likeness (QED) is 0.653. The van der Waals surface area contributed by atoms with E-state index in [2.05, 4.69) is 0 Å². The lowest BCUT2D eigenvalue weighted by Gasteiger charge is -2.05. The van der Waals surface area contributed by atoms with Crippen molar-refractivity contribution in [2.75, 3.05) is 33.5 Å². The zero-order valence-corrected chi connectivity index (χ0v) is 9.43. The monoisotopic (exact) mass is 216 g/mol. The number of aryl methyl sites for hydroxylation is 1. The van der Waals surface area contributed by atoms with Gasteiger partial charge in [-0.3, -0.25) is 0 Å². The predicted molar refractivity (Wildman–Crippen MR) is 57.2 cm³/mol. The highest BCUT2D eigenvalue weighted by molar-refractivity contribution is 7.10. The molecule has 0 N–H and O–H groups in total. The molecule has 0 saturated heterocycles. The minimum Gasteiger partial charge on any atom is -0.490 e. The molecule has 0 aliphatic carbocycles. The molecule has 80 valence electrons. The molecule has 0 bridgehead atoms. The van der Waals surface area contributed by atoms with Crippen LogP contribution in [0.4, 0.5) is 0 Å². The van der Waals surface area contributed by atoms with Crippen LogP contribution in [0.2, 0.25) is 0 Å². The van der Waals surface area contributed by atoms with Crippen LogP contribution in [0.3, 0.4) is 0 Å². The Morgan fingerprint density at radius 1 is 1.21 bits per heavy atom. The number of ether oxygens (including phenoxy) is 3. The van der Waals surface area contributed by atoms with Crippen LogP contribution in [-0.2, 0) is 9.47 Å². The zero-order chi connectivity index (χ0) is 10.2. The summed E-state index contributed by atoms with van der Waals surface area (Å²) >= 11 is 1.69. The lowest BCUT2D eigenvalue weighted by molar-refractivity contribution is 0.0544. The van der Waals surface area contributed by atoms with Crippen molar-refractivity contribution in [2.45, 2.75) is 6.92 Å². The zero-order valence-electron chi connectivity index (χ0n) is 8.62. The first-order valence-electron chi connectivity index (χ1n) is 4.58. The second-order valence-corrected chi connectivity index (χ2v) is 3.91. The maximum absolute atomic E-state index is 5.50. The van der Waals surface area contributed by atoms with Crippen molar-refractivity contribution in [3.05, 3.63) is 16.3 Å². The largest absolute Gasteiger partial charge is 0.490 e. The molecule has 14 heavy (non-hydrogen) atoms. The van der Waals surface area contributed by atoms with Gasteiger partial charge in [0.25, 0.3) is 0 Å². The average Bonchev–Trinajstić information content (AvgIpc) is 2.58. The van der Waals surface area contributed by atoms with E-state index >= 15 is 0 Å². The van der Waals surface area contributed by atoms with Gasteiger partial charge < -0.3 is 14.2 Å². The lowest BCUT2D eigenvalue weighted by atomic mass is 10.5. The molecule has 0 radical (unpaired) electrons. The number of rotatable bonds is 7. The van der Waals surface area contributed by atoms with Gasteiger partial charge in [-0.2, -0.15) is 0 Å². The van der Waals surface area contributed by atoms with Gasteiger partial charge in [-0.15, -0.1) is 11.3 Å². The van der Waals surface area contributed by atoms with Crippen LogP contribution >= 0.6 is 11.3 Å². The third-order valence-electron chi connectivity index (χ3n) is 1.73. The van der Waals surface area contributed by atoms with Crippen molar-refractivity contribution in [2.24, 2.45) is 0 Å². The van der Waals surface area contributed by atoms with Gasteiger partial charge in [0.15, 0.2) is 0 Å². The third-order valence-corrected chi connectivity index (χ3v) is 2.56. The van der Waals surface area contributed by atoms with Gasteiger partial charge in [-0.25, -0.2) is 0 Å². The van der Waals surface area contributed by atoms with E-state index in [1.165, 1.54) is 4.88 Å². The fourth-order valence-electron chi connectivity index (χ4n) is 0.978. The minimum absolute atomic E-state index is 0.598. The molecule has 0 atom stereocenters. The molecule has 4 heteroatoms. The van der Waals surface area contributed by atoms with Crippen molar-refractivity contribution < 1.29 is 14.2 Å². The Bertz CT molecular complexity index is 247. The van der Waals surface area contributed by atoms with E-state index in [0.29, 0.717) is 26.4 Å². The van der Waals surface area contributed by atoms with E-state index in [1.54, 1.807) is 18.4 Å². The predicted octanol–water partition coefficient (Wildman–Crippen LogP) is 2.10. The minimum atomic E-state index is 0.598. The standard InChI is InChI=1S/C10H16O3S/c1-9-10(3-8-14-9)13-7-6-12-5-4-11-2/h3,8H,4-7H2,1-2H3. The van der Waals surface area contributed by atoms with E-state index < -0.39 is 0 Å². The van der Waals surface area contributed by atoms with Gasteiger partial charge in [0, 0.05) is 12.0 Å². The molecule has 0 aliphatic heterocycles. The van der Waals surface area contributed by atoms with Crippen LogP contribution in [0, 0.1) is 6.92 Å². The summed E-state index contributed by atoms with van der Waals surface area (Å²) < 4.78 is 15.6. The summed E-state index contributed by atoms with van der Waals surface area (Å²) in [6.45, 7) is 4.52. The average molecular weight is 216 g/mol. The molecule has 1 aromatic rings. The van der Waals surface area contributed by atoms with Crippen molar-refractivity contribution in [1.29, 1.82) is 0 Å². The fraction of sp³-hybridized carbons (Fsp3) is 0.600. The molecule has 0 amide bonds. The molecule has 1 rings (SSSR count). The topological polar surface area (TPSA) is 27.7 Å². The highest BCUT2D eigenvalue weighted by atomic mass is 32.1. The second kappa shape index (κ2) is 6.81. The third kappa shape index (κ3) is 4.09.